The van der Waals surface area contributed by atoms with Crippen LogP contribution in [0.25, 0.3) is 11.6 Å². The summed E-state index contributed by atoms with van der Waals surface area (Å²) in [5.41, 5.74) is 2.77. The normalized spacial score (nSPS) is 16.2. The molecule has 0 aliphatic heterocycles. The van der Waals surface area contributed by atoms with Gasteiger partial charge in [-0.2, -0.15) is 0 Å². The maximum Gasteiger partial charge on any atom is 0.303 e. The summed E-state index contributed by atoms with van der Waals surface area (Å²) >= 11 is 0. The zero-order valence-corrected chi connectivity index (χ0v) is 21.7. The molecule has 0 saturated heterocycles. The van der Waals surface area contributed by atoms with E-state index in [4.69, 9.17) is 5.11 Å². The molecule has 6 nitrogen and oxygen atoms in total. The maximum atomic E-state index is 13.6. The van der Waals surface area contributed by atoms with Crippen molar-refractivity contribution in [1.29, 1.82) is 0 Å². The SMILES string of the molecule is O=C(O)CCC(=O)Nc1cccc(/C=C(/C(=O)NC2CCCCCCCCCCC2)c2ccccc2)c1. The highest BCUT2D eigenvalue weighted by molar-refractivity contribution is 6.24. The van der Waals surface area contributed by atoms with Crippen LogP contribution in [0.4, 0.5) is 5.69 Å². The molecular formula is C31H40N2O4. The third kappa shape index (κ3) is 10.6. The van der Waals surface area contributed by atoms with E-state index in [1.54, 1.807) is 12.1 Å². The second kappa shape index (κ2) is 15.6. The number of aliphatic carboxylic acids is 1. The predicted octanol–water partition coefficient (Wildman–Crippen LogP) is 6.82. The first-order chi connectivity index (χ1) is 18.0. The molecular weight excluding hydrogens is 464 g/mol. The van der Waals surface area contributed by atoms with Crippen LogP contribution >= 0.6 is 0 Å². The fraction of sp³-hybridized carbons (Fsp3) is 0.452. The number of hydrogen-bond acceptors (Lipinski definition) is 3. The summed E-state index contributed by atoms with van der Waals surface area (Å²) in [4.78, 5) is 36.4. The van der Waals surface area contributed by atoms with Crippen molar-refractivity contribution in [3.05, 3.63) is 65.7 Å². The number of carboxylic acid groups (broad SMARTS) is 1. The van der Waals surface area contributed by atoms with Crippen molar-refractivity contribution in [2.75, 3.05) is 5.32 Å². The zero-order chi connectivity index (χ0) is 26.3. The van der Waals surface area contributed by atoms with E-state index < -0.39 is 5.97 Å². The van der Waals surface area contributed by atoms with Crippen LogP contribution in [0.2, 0.25) is 0 Å². The van der Waals surface area contributed by atoms with Crippen molar-refractivity contribution in [3.63, 3.8) is 0 Å². The highest BCUT2D eigenvalue weighted by atomic mass is 16.4. The molecule has 0 atom stereocenters. The molecule has 3 N–H and O–H groups in total. The van der Waals surface area contributed by atoms with E-state index in [9.17, 15) is 14.4 Å². The average molecular weight is 505 g/mol. The standard InChI is InChI=1S/C31H40N2O4/c34-29(20-21-30(35)36)32-27-19-13-14-24(22-27)23-28(25-15-9-8-10-16-25)31(37)33-26-17-11-6-4-2-1-3-5-7-12-18-26/h8-10,13-16,19,22-23,26H,1-7,11-12,17-18,20-21H2,(H,32,34)(H,33,37)(H,35,36)/b28-23+. The third-order valence-corrected chi connectivity index (χ3v) is 6.82. The molecule has 2 aromatic carbocycles. The molecule has 3 rings (SSSR count). The summed E-state index contributed by atoms with van der Waals surface area (Å²) in [7, 11) is 0. The molecule has 0 aromatic heterocycles. The van der Waals surface area contributed by atoms with Gasteiger partial charge in [0, 0.05) is 23.7 Å². The molecule has 2 aromatic rings. The fourth-order valence-electron chi connectivity index (χ4n) is 4.79. The lowest BCUT2D eigenvalue weighted by atomic mass is 9.96. The van der Waals surface area contributed by atoms with Crippen molar-refractivity contribution in [3.8, 4) is 0 Å². The van der Waals surface area contributed by atoms with E-state index in [0.29, 0.717) is 11.3 Å². The van der Waals surface area contributed by atoms with Crippen LogP contribution in [0.5, 0.6) is 0 Å². The number of nitrogens with one attached hydrogen (secondary N) is 2. The Morgan fingerprint density at radius 2 is 1.41 bits per heavy atom. The first-order valence-electron chi connectivity index (χ1n) is 13.7. The summed E-state index contributed by atoms with van der Waals surface area (Å²) in [6, 6.07) is 17.1. The molecule has 6 heteroatoms. The summed E-state index contributed by atoms with van der Waals surface area (Å²) in [6.07, 6.45) is 14.8. The Morgan fingerprint density at radius 1 is 0.784 bits per heavy atom. The summed E-state index contributed by atoms with van der Waals surface area (Å²) < 4.78 is 0. The van der Waals surface area contributed by atoms with Crippen LogP contribution in [-0.2, 0) is 14.4 Å². The quantitative estimate of drug-likeness (QED) is 0.271. The predicted molar refractivity (Wildman–Crippen MR) is 149 cm³/mol. The number of benzene rings is 2. The monoisotopic (exact) mass is 504 g/mol. The molecule has 1 fully saturated rings. The van der Waals surface area contributed by atoms with E-state index in [1.807, 2.05) is 48.5 Å². The van der Waals surface area contributed by atoms with Crippen LogP contribution in [0.3, 0.4) is 0 Å². The largest absolute Gasteiger partial charge is 0.481 e. The second-order valence-electron chi connectivity index (χ2n) is 9.92. The van der Waals surface area contributed by atoms with E-state index in [1.165, 1.54) is 44.9 Å². The Kier molecular flexibility index (Phi) is 11.9. The molecule has 0 spiro atoms. The fourth-order valence-corrected chi connectivity index (χ4v) is 4.79. The van der Waals surface area contributed by atoms with E-state index in [-0.39, 0.29) is 30.7 Å². The topological polar surface area (TPSA) is 95.5 Å². The Labute approximate surface area is 220 Å². The summed E-state index contributed by atoms with van der Waals surface area (Å²) in [5, 5.41) is 14.9. The number of hydrogen-bond donors (Lipinski definition) is 3. The second-order valence-corrected chi connectivity index (χ2v) is 9.92. The van der Waals surface area contributed by atoms with Gasteiger partial charge in [-0.25, -0.2) is 0 Å². The number of rotatable bonds is 8. The van der Waals surface area contributed by atoms with Crippen LogP contribution in [0.15, 0.2) is 54.6 Å². The smallest absolute Gasteiger partial charge is 0.303 e. The van der Waals surface area contributed by atoms with Gasteiger partial charge in [-0.3, -0.25) is 14.4 Å². The van der Waals surface area contributed by atoms with Gasteiger partial charge in [-0.05, 0) is 42.2 Å². The van der Waals surface area contributed by atoms with Crippen molar-refractivity contribution < 1.29 is 19.5 Å². The Hall–Kier alpha value is -3.41. The summed E-state index contributed by atoms with van der Waals surface area (Å²) in [5.74, 6) is -1.45. The van der Waals surface area contributed by atoms with Crippen molar-refractivity contribution in [2.24, 2.45) is 0 Å². The number of amides is 2. The Morgan fingerprint density at radius 3 is 2.03 bits per heavy atom. The first-order valence-corrected chi connectivity index (χ1v) is 13.7. The van der Waals surface area contributed by atoms with Gasteiger partial charge in [0.25, 0.3) is 5.91 Å². The number of carboxylic acids is 1. The third-order valence-electron chi connectivity index (χ3n) is 6.82. The minimum atomic E-state index is -1.01. The Bertz CT molecular complexity index is 1040. The van der Waals surface area contributed by atoms with E-state index in [2.05, 4.69) is 10.6 Å². The van der Waals surface area contributed by atoms with Crippen molar-refractivity contribution in [2.45, 2.75) is 89.5 Å². The molecule has 1 saturated carbocycles. The lowest BCUT2D eigenvalue weighted by Crippen LogP contribution is -2.35. The van der Waals surface area contributed by atoms with Crippen LogP contribution in [-0.4, -0.2) is 28.9 Å². The molecule has 0 radical (unpaired) electrons. The highest BCUT2D eigenvalue weighted by Gasteiger charge is 2.18. The highest BCUT2D eigenvalue weighted by Crippen LogP contribution is 2.23. The molecule has 0 unspecified atom stereocenters. The summed E-state index contributed by atoms with van der Waals surface area (Å²) in [6.45, 7) is 0. The van der Waals surface area contributed by atoms with E-state index >= 15 is 0 Å². The van der Waals surface area contributed by atoms with Gasteiger partial charge >= 0.3 is 5.97 Å². The van der Waals surface area contributed by atoms with Crippen LogP contribution in [0.1, 0.15) is 94.6 Å². The van der Waals surface area contributed by atoms with Gasteiger partial charge in [-0.15, -0.1) is 0 Å². The van der Waals surface area contributed by atoms with Crippen LogP contribution in [0, 0.1) is 0 Å². The first kappa shape index (κ1) is 28.2. The molecule has 0 bridgehead atoms. The van der Waals surface area contributed by atoms with Gasteiger partial charge in [0.15, 0.2) is 0 Å². The van der Waals surface area contributed by atoms with Gasteiger partial charge in [0.05, 0.1) is 6.42 Å². The van der Waals surface area contributed by atoms with Crippen LogP contribution < -0.4 is 10.6 Å². The maximum absolute atomic E-state index is 13.6. The number of carbonyl (C=O) groups is 3. The van der Waals surface area contributed by atoms with Crippen molar-refractivity contribution >= 4 is 35.1 Å². The molecule has 198 valence electrons. The lowest BCUT2D eigenvalue weighted by Gasteiger charge is -2.21. The molecule has 37 heavy (non-hydrogen) atoms. The van der Waals surface area contributed by atoms with Gasteiger partial charge < -0.3 is 15.7 Å². The average Bonchev–Trinajstić information content (AvgIpc) is 2.88. The number of carbonyl (C=O) groups excluding carboxylic acids is 2. The molecule has 2 amide bonds. The minimum absolute atomic E-state index is 0.0841. The van der Waals surface area contributed by atoms with Gasteiger partial charge in [0.2, 0.25) is 5.91 Å². The van der Waals surface area contributed by atoms with Gasteiger partial charge in [0.1, 0.15) is 0 Å². The van der Waals surface area contributed by atoms with E-state index in [0.717, 1.165) is 36.8 Å². The molecule has 1 aliphatic rings. The Balaban J connectivity index is 1.76. The molecule has 1 aliphatic carbocycles. The zero-order valence-electron chi connectivity index (χ0n) is 21.7. The minimum Gasteiger partial charge on any atom is -0.481 e. The van der Waals surface area contributed by atoms with Crippen molar-refractivity contribution in [1.82, 2.24) is 5.32 Å². The molecule has 0 heterocycles. The van der Waals surface area contributed by atoms with Gasteiger partial charge in [-0.1, -0.05) is 100 Å². The lowest BCUT2D eigenvalue weighted by molar-refractivity contribution is -0.138. The number of anilines is 1.